The molecule has 114 valence electrons. The van der Waals surface area contributed by atoms with E-state index in [-0.39, 0.29) is 6.04 Å². The second-order valence-electron chi connectivity index (χ2n) is 5.64. The Kier molecular flexibility index (Phi) is 6.30. The molecule has 2 unspecified atom stereocenters. The quantitative estimate of drug-likeness (QED) is 0.807. The first-order chi connectivity index (χ1) is 9.40. The highest BCUT2D eigenvalue weighted by Gasteiger charge is 2.27. The second kappa shape index (κ2) is 7.50. The Labute approximate surface area is 122 Å². The summed E-state index contributed by atoms with van der Waals surface area (Å²) in [6.07, 6.45) is -0.651. The molecule has 0 radical (unpaired) electrons. The number of ether oxygens (including phenoxy) is 2. The molecular weight excluding hydrogens is 254 g/mol. The first kappa shape index (κ1) is 16.8. The predicted molar refractivity (Wildman–Crippen MR) is 81.4 cm³/mol. The number of hydrogen-bond acceptors (Lipinski definition) is 4. The van der Waals surface area contributed by atoms with E-state index in [0.717, 1.165) is 5.56 Å². The van der Waals surface area contributed by atoms with Gasteiger partial charge >= 0.3 is 0 Å². The van der Waals surface area contributed by atoms with Gasteiger partial charge in [-0.15, -0.1) is 0 Å². The number of benzene rings is 1. The molecule has 0 aliphatic rings. The van der Waals surface area contributed by atoms with E-state index in [9.17, 15) is 5.11 Å². The van der Waals surface area contributed by atoms with E-state index in [1.807, 2.05) is 18.2 Å². The van der Waals surface area contributed by atoms with Gasteiger partial charge in [0.05, 0.1) is 20.3 Å². The lowest BCUT2D eigenvalue weighted by atomic mass is 9.92. The third-order valence-electron chi connectivity index (χ3n) is 3.34. The minimum absolute atomic E-state index is 0.0454. The first-order valence-corrected chi connectivity index (χ1v) is 7.06. The highest BCUT2D eigenvalue weighted by atomic mass is 16.5. The zero-order valence-electron chi connectivity index (χ0n) is 13.3. The van der Waals surface area contributed by atoms with Crippen molar-refractivity contribution in [1.82, 2.24) is 5.32 Å². The van der Waals surface area contributed by atoms with Crippen molar-refractivity contribution < 1.29 is 14.6 Å². The van der Waals surface area contributed by atoms with E-state index in [1.165, 1.54) is 0 Å². The molecule has 0 bridgehead atoms. The van der Waals surface area contributed by atoms with Crippen LogP contribution in [-0.4, -0.2) is 31.4 Å². The van der Waals surface area contributed by atoms with E-state index in [0.29, 0.717) is 23.5 Å². The maximum absolute atomic E-state index is 10.7. The van der Waals surface area contributed by atoms with E-state index in [4.69, 9.17) is 9.47 Å². The van der Waals surface area contributed by atoms with Gasteiger partial charge in [0.1, 0.15) is 11.5 Å². The summed E-state index contributed by atoms with van der Waals surface area (Å²) >= 11 is 0. The van der Waals surface area contributed by atoms with Crippen LogP contribution in [0.4, 0.5) is 0 Å². The number of hydrogen-bond donors (Lipinski definition) is 2. The van der Waals surface area contributed by atoms with Gasteiger partial charge in [-0.1, -0.05) is 27.7 Å². The summed E-state index contributed by atoms with van der Waals surface area (Å²) in [5.74, 6) is 1.68. The van der Waals surface area contributed by atoms with Crippen molar-refractivity contribution in [1.29, 1.82) is 0 Å². The normalized spacial score (nSPS) is 14.4. The smallest absolute Gasteiger partial charge is 0.124 e. The maximum atomic E-state index is 10.7. The Bertz CT molecular complexity index is 418. The van der Waals surface area contributed by atoms with Crippen molar-refractivity contribution in [3.05, 3.63) is 23.8 Å². The first-order valence-electron chi connectivity index (χ1n) is 7.06. The average Bonchev–Trinajstić information content (AvgIpc) is 2.42. The third-order valence-corrected chi connectivity index (χ3v) is 3.34. The maximum Gasteiger partial charge on any atom is 0.124 e. The molecule has 0 aliphatic carbocycles. The third kappa shape index (κ3) is 4.12. The van der Waals surface area contributed by atoms with Crippen LogP contribution in [0.15, 0.2) is 18.2 Å². The summed E-state index contributed by atoms with van der Waals surface area (Å²) in [4.78, 5) is 0. The molecule has 0 saturated carbocycles. The van der Waals surface area contributed by atoms with Gasteiger partial charge in [0, 0.05) is 17.6 Å². The fourth-order valence-corrected chi connectivity index (χ4v) is 2.30. The molecule has 2 atom stereocenters. The molecule has 4 heteroatoms. The van der Waals surface area contributed by atoms with Gasteiger partial charge in [0.15, 0.2) is 0 Å². The Morgan fingerprint density at radius 2 is 1.70 bits per heavy atom. The van der Waals surface area contributed by atoms with Crippen LogP contribution in [0, 0.1) is 5.92 Å². The lowest BCUT2D eigenvalue weighted by Gasteiger charge is -2.30. The van der Waals surface area contributed by atoms with Gasteiger partial charge < -0.3 is 19.9 Å². The molecule has 0 amide bonds. The predicted octanol–water partition coefficient (Wildman–Crippen LogP) is 2.76. The molecular formula is C16H27NO3. The van der Waals surface area contributed by atoms with Crippen LogP contribution >= 0.6 is 0 Å². The lowest BCUT2D eigenvalue weighted by Crippen LogP contribution is -2.43. The molecule has 4 nitrogen and oxygen atoms in total. The number of methoxy groups -OCH3 is 2. The fourth-order valence-electron chi connectivity index (χ4n) is 2.30. The van der Waals surface area contributed by atoms with Crippen molar-refractivity contribution in [2.45, 2.75) is 45.9 Å². The molecule has 20 heavy (non-hydrogen) atoms. The summed E-state index contributed by atoms with van der Waals surface area (Å²) < 4.78 is 10.6. The van der Waals surface area contributed by atoms with Gasteiger partial charge in [0.2, 0.25) is 0 Å². The Hall–Kier alpha value is -1.26. The Morgan fingerprint density at radius 3 is 2.15 bits per heavy atom. The Balaban J connectivity index is 3.11. The number of aliphatic hydroxyl groups excluding tert-OH is 1. The van der Waals surface area contributed by atoms with Gasteiger partial charge in [-0.2, -0.15) is 0 Å². The highest BCUT2D eigenvalue weighted by Crippen LogP contribution is 2.33. The molecule has 2 N–H and O–H groups in total. The van der Waals surface area contributed by atoms with Crippen LogP contribution in [0.5, 0.6) is 11.5 Å². The van der Waals surface area contributed by atoms with Crippen molar-refractivity contribution >= 4 is 0 Å². The van der Waals surface area contributed by atoms with Gasteiger partial charge in [-0.05, 0) is 24.1 Å². The topological polar surface area (TPSA) is 50.7 Å². The van der Waals surface area contributed by atoms with E-state index < -0.39 is 6.10 Å². The second-order valence-corrected chi connectivity index (χ2v) is 5.64. The minimum atomic E-state index is -0.651. The SMILES string of the molecule is COc1ccc(OC)c(C(O)C(NC(C)C)C(C)C)c1. The number of nitrogens with one attached hydrogen (secondary N) is 1. The monoisotopic (exact) mass is 281 g/mol. The summed E-state index contributed by atoms with van der Waals surface area (Å²) in [7, 11) is 3.22. The van der Waals surface area contributed by atoms with Gasteiger partial charge in [-0.3, -0.25) is 0 Å². The van der Waals surface area contributed by atoms with E-state index >= 15 is 0 Å². The summed E-state index contributed by atoms with van der Waals surface area (Å²) in [5.41, 5.74) is 0.749. The largest absolute Gasteiger partial charge is 0.497 e. The highest BCUT2D eigenvalue weighted by molar-refractivity contribution is 5.42. The fraction of sp³-hybridized carbons (Fsp3) is 0.625. The van der Waals surface area contributed by atoms with Crippen LogP contribution in [0.25, 0.3) is 0 Å². The lowest BCUT2D eigenvalue weighted by molar-refractivity contribution is 0.0975. The standard InChI is InChI=1S/C16H27NO3/c1-10(2)15(17-11(3)4)16(18)13-9-12(19-5)7-8-14(13)20-6/h7-11,15-18H,1-6H3. The van der Waals surface area contributed by atoms with Crippen LogP contribution < -0.4 is 14.8 Å². The average molecular weight is 281 g/mol. The molecule has 1 aromatic rings. The minimum Gasteiger partial charge on any atom is -0.497 e. The van der Waals surface area contributed by atoms with E-state index in [1.54, 1.807) is 14.2 Å². The molecule has 0 saturated heterocycles. The zero-order chi connectivity index (χ0) is 15.3. The Morgan fingerprint density at radius 1 is 1.05 bits per heavy atom. The molecule has 0 aliphatic heterocycles. The number of aliphatic hydroxyl groups is 1. The van der Waals surface area contributed by atoms with Gasteiger partial charge in [0.25, 0.3) is 0 Å². The van der Waals surface area contributed by atoms with Crippen LogP contribution in [0.3, 0.4) is 0 Å². The molecule has 0 aromatic heterocycles. The molecule has 0 spiro atoms. The van der Waals surface area contributed by atoms with Crippen molar-refractivity contribution in [3.63, 3.8) is 0 Å². The van der Waals surface area contributed by atoms with Gasteiger partial charge in [-0.25, -0.2) is 0 Å². The van der Waals surface area contributed by atoms with Crippen LogP contribution in [0.2, 0.25) is 0 Å². The molecule has 0 fully saturated rings. The van der Waals surface area contributed by atoms with Crippen molar-refractivity contribution in [2.75, 3.05) is 14.2 Å². The summed E-state index contributed by atoms with van der Waals surface area (Å²) in [5, 5.41) is 14.2. The van der Waals surface area contributed by atoms with Crippen molar-refractivity contribution in [2.24, 2.45) is 5.92 Å². The van der Waals surface area contributed by atoms with E-state index in [2.05, 4.69) is 33.0 Å². The summed E-state index contributed by atoms with van der Waals surface area (Å²) in [6, 6.07) is 5.74. The molecule has 1 aromatic carbocycles. The van der Waals surface area contributed by atoms with Crippen LogP contribution in [0.1, 0.15) is 39.4 Å². The van der Waals surface area contributed by atoms with Crippen LogP contribution in [-0.2, 0) is 0 Å². The number of rotatable bonds is 7. The zero-order valence-corrected chi connectivity index (χ0v) is 13.3. The molecule has 1 rings (SSSR count). The molecule has 0 heterocycles. The summed E-state index contributed by atoms with van der Waals surface area (Å²) in [6.45, 7) is 8.33. The van der Waals surface area contributed by atoms with Crippen molar-refractivity contribution in [3.8, 4) is 11.5 Å².